The smallest absolute Gasteiger partial charge is 0.136 e. The van der Waals surface area contributed by atoms with Crippen LogP contribution in [0.1, 0.15) is 36.1 Å². The van der Waals surface area contributed by atoms with Crippen molar-refractivity contribution in [1.82, 2.24) is 4.98 Å². The highest BCUT2D eigenvalue weighted by molar-refractivity contribution is 7.98. The molecule has 1 heterocycles. The van der Waals surface area contributed by atoms with Crippen LogP contribution in [0.3, 0.4) is 0 Å². The van der Waals surface area contributed by atoms with E-state index in [1.165, 1.54) is 24.1 Å². The van der Waals surface area contributed by atoms with Crippen LogP contribution in [-0.4, -0.2) is 28.5 Å². The summed E-state index contributed by atoms with van der Waals surface area (Å²) in [4.78, 5) is 5.18. The van der Waals surface area contributed by atoms with E-state index in [4.69, 9.17) is 22.9 Å². The first-order valence-electron chi connectivity index (χ1n) is 6.77. The van der Waals surface area contributed by atoms with E-state index in [1.807, 2.05) is 11.8 Å². The molecule has 19 heavy (non-hydrogen) atoms. The Labute approximate surface area is 124 Å². The number of hydrogen-bond acceptors (Lipinski definition) is 4. The minimum absolute atomic E-state index is 0.438. The molecule has 0 atom stereocenters. The maximum Gasteiger partial charge on any atom is 0.136 e. The molecule has 0 spiro atoms. The highest BCUT2D eigenvalue weighted by atomic mass is 32.2. The summed E-state index contributed by atoms with van der Waals surface area (Å²) in [7, 11) is 0. The Kier molecular flexibility index (Phi) is 5.45. The molecule has 1 aliphatic carbocycles. The fraction of sp³-hybridized carbons (Fsp3) is 0.571. The molecule has 0 unspecified atom stereocenters. The Morgan fingerprint density at radius 2 is 2.26 bits per heavy atom. The minimum atomic E-state index is 0.438. The molecule has 0 bridgehead atoms. The van der Waals surface area contributed by atoms with Gasteiger partial charge in [-0.05, 0) is 55.7 Å². The SMILES string of the molecule is CSCCCNc1nc2c(cc1C(N)=S)CCCC2. The van der Waals surface area contributed by atoms with Gasteiger partial charge in [0.2, 0.25) is 0 Å². The first-order chi connectivity index (χ1) is 9.22. The van der Waals surface area contributed by atoms with Crippen molar-refractivity contribution in [1.29, 1.82) is 0 Å². The fourth-order valence-corrected chi connectivity index (χ4v) is 2.97. The Hall–Kier alpha value is -0.810. The first kappa shape index (κ1) is 14.6. The normalized spacial score (nSPS) is 13.9. The summed E-state index contributed by atoms with van der Waals surface area (Å²) in [6, 6.07) is 2.14. The van der Waals surface area contributed by atoms with Gasteiger partial charge < -0.3 is 11.1 Å². The summed E-state index contributed by atoms with van der Waals surface area (Å²) < 4.78 is 0. The maximum atomic E-state index is 5.83. The molecule has 1 aliphatic rings. The standard InChI is InChI=1S/C14H21N3S2/c1-19-8-4-7-16-14-11(13(15)18)9-10-5-2-3-6-12(10)17-14/h9H,2-8H2,1H3,(H2,15,18)(H,16,17). The highest BCUT2D eigenvalue weighted by Crippen LogP contribution is 2.24. The van der Waals surface area contributed by atoms with Crippen LogP contribution in [0.5, 0.6) is 0 Å². The monoisotopic (exact) mass is 295 g/mol. The third-order valence-electron chi connectivity index (χ3n) is 3.38. The average molecular weight is 295 g/mol. The van der Waals surface area contributed by atoms with Gasteiger partial charge in [0.1, 0.15) is 10.8 Å². The number of nitrogens with one attached hydrogen (secondary N) is 1. The molecule has 0 radical (unpaired) electrons. The third-order valence-corrected chi connectivity index (χ3v) is 4.30. The molecule has 3 N–H and O–H groups in total. The van der Waals surface area contributed by atoms with Gasteiger partial charge in [-0.1, -0.05) is 12.2 Å². The molecular formula is C14H21N3S2. The lowest BCUT2D eigenvalue weighted by molar-refractivity contribution is 0.668. The van der Waals surface area contributed by atoms with Crippen molar-refractivity contribution in [3.8, 4) is 0 Å². The van der Waals surface area contributed by atoms with Crippen molar-refractivity contribution in [2.45, 2.75) is 32.1 Å². The molecule has 0 saturated carbocycles. The zero-order valence-corrected chi connectivity index (χ0v) is 13.0. The molecule has 3 nitrogen and oxygen atoms in total. The van der Waals surface area contributed by atoms with Gasteiger partial charge in [0.25, 0.3) is 0 Å². The first-order valence-corrected chi connectivity index (χ1v) is 8.58. The molecule has 0 aliphatic heterocycles. The van der Waals surface area contributed by atoms with Crippen LogP contribution < -0.4 is 11.1 Å². The maximum absolute atomic E-state index is 5.83. The zero-order valence-electron chi connectivity index (χ0n) is 11.4. The van der Waals surface area contributed by atoms with Gasteiger partial charge in [0, 0.05) is 12.2 Å². The molecule has 0 aromatic carbocycles. The number of thioether (sulfide) groups is 1. The number of aryl methyl sites for hydroxylation is 2. The van der Waals surface area contributed by atoms with Crippen LogP contribution in [0.4, 0.5) is 5.82 Å². The summed E-state index contributed by atoms with van der Waals surface area (Å²) in [5, 5.41) is 3.39. The van der Waals surface area contributed by atoms with Gasteiger partial charge in [-0.15, -0.1) is 0 Å². The summed E-state index contributed by atoms with van der Waals surface area (Å²) >= 11 is 7.01. The molecule has 1 aromatic heterocycles. The van der Waals surface area contributed by atoms with Crippen LogP contribution in [0.2, 0.25) is 0 Å². The Balaban J connectivity index is 2.17. The van der Waals surface area contributed by atoms with Crippen molar-refractivity contribution < 1.29 is 0 Å². The van der Waals surface area contributed by atoms with Crippen LogP contribution >= 0.6 is 24.0 Å². The number of rotatable bonds is 6. The van der Waals surface area contributed by atoms with E-state index in [1.54, 1.807) is 0 Å². The fourth-order valence-electron chi connectivity index (χ4n) is 2.38. The van der Waals surface area contributed by atoms with Crippen molar-refractivity contribution in [2.24, 2.45) is 5.73 Å². The second-order valence-corrected chi connectivity index (χ2v) is 6.26. The largest absolute Gasteiger partial charge is 0.389 e. The van der Waals surface area contributed by atoms with E-state index in [9.17, 15) is 0 Å². The average Bonchev–Trinajstić information content (AvgIpc) is 2.42. The predicted molar refractivity (Wildman–Crippen MR) is 88.3 cm³/mol. The quantitative estimate of drug-likeness (QED) is 0.624. The summed E-state index contributed by atoms with van der Waals surface area (Å²) in [5.41, 5.74) is 9.27. The molecule has 1 aromatic rings. The van der Waals surface area contributed by atoms with Gasteiger partial charge in [0.05, 0.1) is 5.56 Å². The molecule has 2 rings (SSSR count). The molecule has 0 amide bonds. The van der Waals surface area contributed by atoms with Gasteiger partial charge in [-0.25, -0.2) is 4.98 Å². The number of hydrogen-bond donors (Lipinski definition) is 2. The molecule has 0 fully saturated rings. The number of nitrogens with two attached hydrogens (primary N) is 1. The van der Waals surface area contributed by atoms with Gasteiger partial charge in [-0.2, -0.15) is 11.8 Å². The van der Waals surface area contributed by atoms with Crippen LogP contribution in [0.25, 0.3) is 0 Å². The van der Waals surface area contributed by atoms with Crippen molar-refractivity contribution >= 4 is 34.8 Å². The third kappa shape index (κ3) is 3.83. The highest BCUT2D eigenvalue weighted by Gasteiger charge is 2.16. The number of thiocarbonyl (C=S) groups is 1. The van der Waals surface area contributed by atoms with Crippen LogP contribution in [0.15, 0.2) is 6.07 Å². The minimum Gasteiger partial charge on any atom is -0.389 e. The molecule has 104 valence electrons. The second-order valence-electron chi connectivity index (χ2n) is 4.83. The van der Waals surface area contributed by atoms with Gasteiger partial charge >= 0.3 is 0 Å². The predicted octanol–water partition coefficient (Wildman–Crippen LogP) is 2.76. The lowest BCUT2D eigenvalue weighted by Gasteiger charge is -2.19. The summed E-state index contributed by atoms with van der Waals surface area (Å²) in [5.74, 6) is 2.02. The number of fused-ring (bicyclic) bond motifs is 1. The number of anilines is 1. The summed E-state index contributed by atoms with van der Waals surface area (Å²) in [6.45, 7) is 0.919. The summed E-state index contributed by atoms with van der Waals surface area (Å²) in [6.07, 6.45) is 7.90. The van der Waals surface area contributed by atoms with E-state index in [0.717, 1.165) is 42.9 Å². The molecule has 5 heteroatoms. The van der Waals surface area contributed by atoms with Gasteiger partial charge in [0.15, 0.2) is 0 Å². The van der Waals surface area contributed by atoms with Crippen molar-refractivity contribution in [2.75, 3.05) is 23.9 Å². The lowest BCUT2D eigenvalue weighted by atomic mass is 9.94. The number of nitrogens with zero attached hydrogens (tertiary/aromatic N) is 1. The molecular weight excluding hydrogens is 274 g/mol. The Bertz CT molecular complexity index is 460. The van der Waals surface area contributed by atoms with Gasteiger partial charge in [-0.3, -0.25) is 0 Å². The van der Waals surface area contributed by atoms with Crippen molar-refractivity contribution in [3.63, 3.8) is 0 Å². The Morgan fingerprint density at radius 3 is 3.00 bits per heavy atom. The Morgan fingerprint density at radius 1 is 1.47 bits per heavy atom. The van der Waals surface area contributed by atoms with E-state index in [-0.39, 0.29) is 0 Å². The van der Waals surface area contributed by atoms with Crippen LogP contribution in [-0.2, 0) is 12.8 Å². The topological polar surface area (TPSA) is 50.9 Å². The van der Waals surface area contributed by atoms with Crippen LogP contribution in [0, 0.1) is 0 Å². The number of pyridine rings is 1. The number of aromatic nitrogens is 1. The van der Waals surface area contributed by atoms with Crippen molar-refractivity contribution in [3.05, 3.63) is 22.9 Å². The van der Waals surface area contributed by atoms with E-state index in [0.29, 0.717) is 4.99 Å². The van der Waals surface area contributed by atoms with E-state index in [2.05, 4.69) is 17.6 Å². The zero-order chi connectivity index (χ0) is 13.7. The van der Waals surface area contributed by atoms with E-state index < -0.39 is 0 Å². The lowest BCUT2D eigenvalue weighted by Crippen LogP contribution is -2.18. The second kappa shape index (κ2) is 7.10. The molecule has 0 saturated heterocycles. The van der Waals surface area contributed by atoms with E-state index >= 15 is 0 Å².